The average Bonchev–Trinajstić information content (AvgIpc) is 2.86. The molecule has 4 rings (SSSR count). The van der Waals surface area contributed by atoms with Crippen LogP contribution in [0.4, 0.5) is 0 Å². The number of ether oxygens (including phenoxy) is 2. The second kappa shape index (κ2) is 13.2. The molecule has 2 aromatic carbocycles. The van der Waals surface area contributed by atoms with Gasteiger partial charge in [-0.2, -0.15) is 0 Å². The highest BCUT2D eigenvalue weighted by molar-refractivity contribution is 5.22. The summed E-state index contributed by atoms with van der Waals surface area (Å²) in [6, 6.07) is 22.4. The maximum Gasteiger partial charge on any atom is 0.0637 e. The lowest BCUT2D eigenvalue weighted by atomic mass is 9.75. The van der Waals surface area contributed by atoms with Gasteiger partial charge >= 0.3 is 0 Å². The maximum absolute atomic E-state index is 6.75. The molecule has 2 heteroatoms. The maximum atomic E-state index is 6.75. The van der Waals surface area contributed by atoms with Gasteiger partial charge in [0.15, 0.2) is 0 Å². The molecule has 2 nitrogen and oxygen atoms in total. The van der Waals surface area contributed by atoms with E-state index in [-0.39, 0.29) is 6.10 Å². The molecule has 2 aromatic rings. The Kier molecular flexibility index (Phi) is 9.67. The van der Waals surface area contributed by atoms with Crippen LogP contribution in [0.2, 0.25) is 0 Å². The topological polar surface area (TPSA) is 18.5 Å². The summed E-state index contributed by atoms with van der Waals surface area (Å²) >= 11 is 0. The number of hydrogen-bond acceptors (Lipinski definition) is 2. The SMILES string of the molecule is c1ccc(C2CCCCCCOC(C3COCCCCCCC3c3ccccc3)C2)cc1. The molecule has 2 heterocycles. The first-order valence-corrected chi connectivity index (χ1v) is 13.2. The van der Waals surface area contributed by atoms with Crippen LogP contribution in [0.15, 0.2) is 60.7 Å². The Hall–Kier alpha value is -1.64. The fourth-order valence-corrected chi connectivity index (χ4v) is 5.83. The first-order valence-electron chi connectivity index (χ1n) is 13.2. The molecule has 32 heavy (non-hydrogen) atoms. The van der Waals surface area contributed by atoms with Crippen LogP contribution in [0, 0.1) is 5.92 Å². The Morgan fingerprint density at radius 2 is 1.22 bits per heavy atom. The van der Waals surface area contributed by atoms with Crippen molar-refractivity contribution >= 4 is 0 Å². The lowest BCUT2D eigenvalue weighted by Crippen LogP contribution is -2.35. The average molecular weight is 435 g/mol. The summed E-state index contributed by atoms with van der Waals surface area (Å²) in [5, 5.41) is 0. The van der Waals surface area contributed by atoms with Crippen molar-refractivity contribution in [1.29, 1.82) is 0 Å². The van der Waals surface area contributed by atoms with Gasteiger partial charge in [-0.3, -0.25) is 0 Å². The Morgan fingerprint density at radius 1 is 0.594 bits per heavy atom. The normalized spacial score (nSPS) is 29.1. The van der Waals surface area contributed by atoms with Crippen molar-refractivity contribution in [2.45, 2.75) is 88.6 Å². The van der Waals surface area contributed by atoms with Gasteiger partial charge in [0.2, 0.25) is 0 Å². The minimum absolute atomic E-state index is 0.253. The third-order valence-corrected chi connectivity index (χ3v) is 7.65. The van der Waals surface area contributed by atoms with Gasteiger partial charge in [0.25, 0.3) is 0 Å². The van der Waals surface area contributed by atoms with Crippen molar-refractivity contribution in [3.05, 3.63) is 71.8 Å². The van der Waals surface area contributed by atoms with Crippen molar-refractivity contribution < 1.29 is 9.47 Å². The zero-order chi connectivity index (χ0) is 21.8. The predicted octanol–water partition coefficient (Wildman–Crippen LogP) is 7.89. The Bertz CT molecular complexity index is 744. The molecule has 0 aromatic heterocycles. The standard InChI is InChI=1S/C30H42O2/c1-4-14-22-32-30(23-27(19-7-1)25-15-8-5-9-16-25)29-24-31-21-13-3-2-12-20-28(29)26-17-10-6-11-18-26/h5-6,8-11,15-18,27-30H,1-4,7,12-14,19-24H2. The highest BCUT2D eigenvalue weighted by atomic mass is 16.5. The summed E-state index contributed by atoms with van der Waals surface area (Å²) in [5.74, 6) is 1.51. The summed E-state index contributed by atoms with van der Waals surface area (Å²) in [6.07, 6.45) is 14.1. The molecule has 4 unspecified atom stereocenters. The molecule has 0 N–H and O–H groups in total. The minimum atomic E-state index is 0.253. The van der Waals surface area contributed by atoms with E-state index in [2.05, 4.69) is 60.7 Å². The second-order valence-corrected chi connectivity index (χ2v) is 9.91. The lowest BCUT2D eigenvalue weighted by molar-refractivity contribution is -0.0450. The Morgan fingerprint density at radius 3 is 1.97 bits per heavy atom. The summed E-state index contributed by atoms with van der Waals surface area (Å²) in [5.41, 5.74) is 2.96. The van der Waals surface area contributed by atoms with Crippen LogP contribution in [-0.4, -0.2) is 25.9 Å². The zero-order valence-electron chi connectivity index (χ0n) is 19.8. The van der Waals surface area contributed by atoms with E-state index in [0.29, 0.717) is 17.8 Å². The summed E-state index contributed by atoms with van der Waals surface area (Å²) in [4.78, 5) is 0. The Labute approximate surface area is 195 Å². The molecule has 0 amide bonds. The zero-order valence-corrected chi connectivity index (χ0v) is 19.8. The van der Waals surface area contributed by atoms with Gasteiger partial charge in [0.05, 0.1) is 12.7 Å². The molecular formula is C30H42O2. The first kappa shape index (κ1) is 23.5. The van der Waals surface area contributed by atoms with E-state index >= 15 is 0 Å². The van der Waals surface area contributed by atoms with E-state index in [0.717, 1.165) is 26.2 Å². The quantitative estimate of drug-likeness (QED) is 0.489. The van der Waals surface area contributed by atoms with E-state index in [9.17, 15) is 0 Å². The van der Waals surface area contributed by atoms with Gasteiger partial charge in [-0.05, 0) is 55.1 Å². The molecule has 2 aliphatic heterocycles. The lowest BCUT2D eigenvalue weighted by Gasteiger charge is -2.37. The molecule has 0 saturated carbocycles. The van der Waals surface area contributed by atoms with E-state index in [1.807, 2.05) is 0 Å². The van der Waals surface area contributed by atoms with Crippen molar-refractivity contribution in [2.75, 3.05) is 19.8 Å². The number of hydrogen-bond donors (Lipinski definition) is 0. The Balaban J connectivity index is 1.62. The van der Waals surface area contributed by atoms with Gasteiger partial charge in [-0.1, -0.05) is 99.2 Å². The van der Waals surface area contributed by atoms with E-state index in [4.69, 9.17) is 9.47 Å². The van der Waals surface area contributed by atoms with Gasteiger partial charge in [0.1, 0.15) is 0 Å². The van der Waals surface area contributed by atoms with Crippen LogP contribution in [0.1, 0.15) is 93.6 Å². The van der Waals surface area contributed by atoms with E-state index in [1.165, 1.54) is 75.3 Å². The summed E-state index contributed by atoms with van der Waals surface area (Å²) in [6.45, 7) is 2.61. The van der Waals surface area contributed by atoms with Crippen molar-refractivity contribution in [2.24, 2.45) is 5.92 Å². The van der Waals surface area contributed by atoms with Crippen LogP contribution in [0.3, 0.4) is 0 Å². The van der Waals surface area contributed by atoms with Gasteiger partial charge in [-0.15, -0.1) is 0 Å². The molecule has 0 aliphatic carbocycles. The van der Waals surface area contributed by atoms with Crippen LogP contribution in [0.5, 0.6) is 0 Å². The summed E-state index contributed by atoms with van der Waals surface area (Å²) in [7, 11) is 0. The third-order valence-electron chi connectivity index (χ3n) is 7.65. The molecule has 2 saturated heterocycles. The smallest absolute Gasteiger partial charge is 0.0637 e. The fourth-order valence-electron chi connectivity index (χ4n) is 5.83. The fraction of sp³-hybridized carbons (Fsp3) is 0.600. The molecule has 2 aliphatic rings. The highest BCUT2D eigenvalue weighted by Gasteiger charge is 2.34. The minimum Gasteiger partial charge on any atom is -0.381 e. The van der Waals surface area contributed by atoms with Gasteiger partial charge in [-0.25, -0.2) is 0 Å². The molecular weight excluding hydrogens is 392 g/mol. The van der Waals surface area contributed by atoms with E-state index < -0.39 is 0 Å². The second-order valence-electron chi connectivity index (χ2n) is 9.91. The van der Waals surface area contributed by atoms with Crippen molar-refractivity contribution in [1.82, 2.24) is 0 Å². The molecule has 0 bridgehead atoms. The molecule has 2 fully saturated rings. The largest absolute Gasteiger partial charge is 0.381 e. The highest BCUT2D eigenvalue weighted by Crippen LogP contribution is 2.39. The number of benzene rings is 2. The third kappa shape index (κ3) is 6.93. The van der Waals surface area contributed by atoms with Crippen LogP contribution < -0.4 is 0 Å². The van der Waals surface area contributed by atoms with Gasteiger partial charge < -0.3 is 9.47 Å². The van der Waals surface area contributed by atoms with Crippen LogP contribution in [-0.2, 0) is 9.47 Å². The number of rotatable bonds is 3. The van der Waals surface area contributed by atoms with E-state index in [1.54, 1.807) is 0 Å². The summed E-state index contributed by atoms with van der Waals surface area (Å²) < 4.78 is 13.1. The molecule has 0 radical (unpaired) electrons. The van der Waals surface area contributed by atoms with Crippen molar-refractivity contribution in [3.63, 3.8) is 0 Å². The van der Waals surface area contributed by atoms with Gasteiger partial charge in [0, 0.05) is 19.1 Å². The molecule has 174 valence electrons. The van der Waals surface area contributed by atoms with Crippen molar-refractivity contribution in [3.8, 4) is 0 Å². The van der Waals surface area contributed by atoms with Crippen LogP contribution in [0.25, 0.3) is 0 Å². The predicted molar refractivity (Wildman–Crippen MR) is 133 cm³/mol. The molecule has 0 spiro atoms. The first-order chi connectivity index (χ1) is 15.9. The monoisotopic (exact) mass is 434 g/mol. The molecule has 4 atom stereocenters. The van der Waals surface area contributed by atoms with Crippen LogP contribution >= 0.6 is 0 Å².